The summed E-state index contributed by atoms with van der Waals surface area (Å²) in [6, 6.07) is 15.3. The van der Waals surface area contributed by atoms with Crippen LogP contribution in [0.15, 0.2) is 67.3 Å². The zero-order valence-electron chi connectivity index (χ0n) is 32.7. The Bertz CT molecular complexity index is 2870. The van der Waals surface area contributed by atoms with E-state index < -0.39 is 0 Å². The van der Waals surface area contributed by atoms with Crippen molar-refractivity contribution >= 4 is 56.3 Å². The third-order valence-corrected chi connectivity index (χ3v) is 11.5. The molecule has 4 atom stereocenters. The second-order valence-electron chi connectivity index (χ2n) is 15.9. The molecule has 2 aliphatic heterocycles. The van der Waals surface area contributed by atoms with Gasteiger partial charge in [-0.05, 0) is 95.1 Å². The van der Waals surface area contributed by atoms with E-state index in [4.69, 9.17) is 41.7 Å². The molecule has 0 bridgehead atoms. The molecule has 0 amide bonds. The van der Waals surface area contributed by atoms with Crippen LogP contribution in [0.2, 0.25) is 5.02 Å². The van der Waals surface area contributed by atoms with E-state index >= 15 is 0 Å². The van der Waals surface area contributed by atoms with Crippen LogP contribution in [0.4, 0.5) is 11.4 Å². The van der Waals surface area contributed by atoms with Gasteiger partial charge in [-0.3, -0.25) is 0 Å². The number of imidazole rings is 2. The second kappa shape index (κ2) is 13.7. The summed E-state index contributed by atoms with van der Waals surface area (Å²) in [5.41, 5.74) is 12.0. The van der Waals surface area contributed by atoms with E-state index in [0.717, 1.165) is 99.2 Å². The van der Waals surface area contributed by atoms with E-state index in [1.54, 1.807) is 4.52 Å². The zero-order chi connectivity index (χ0) is 39.1. The topological polar surface area (TPSA) is 142 Å². The number of pyridine rings is 4. The SMILES string of the molecule is Cc1cn2nc(-c3ccc4cc(N5CC(C)NC([C@@H]6CN(c7cnc8nc(-c9cc(C)c%10nc(C)cn%10n9)cc(Cl)c8c7)C[C@H](C)N6)C5)cnc4n3)cc(C)c2n1. The molecule has 57 heavy (non-hydrogen) atoms. The van der Waals surface area contributed by atoms with E-state index in [0.29, 0.717) is 22.0 Å². The van der Waals surface area contributed by atoms with Crippen LogP contribution in [0.25, 0.3) is 56.1 Å². The van der Waals surface area contributed by atoms with Gasteiger partial charge in [0.2, 0.25) is 0 Å². The number of nitrogens with zero attached hydrogens (tertiary/aromatic N) is 12. The van der Waals surface area contributed by atoms with Gasteiger partial charge in [0.1, 0.15) is 11.4 Å². The van der Waals surface area contributed by atoms with Gasteiger partial charge in [-0.25, -0.2) is 38.9 Å². The summed E-state index contributed by atoms with van der Waals surface area (Å²) in [7, 11) is 0. The number of nitrogens with one attached hydrogen (secondary N) is 2. The van der Waals surface area contributed by atoms with Crippen molar-refractivity contribution in [3.05, 3.63) is 94.8 Å². The molecule has 14 nitrogen and oxygen atoms in total. The number of piperazine rings is 2. The molecule has 0 spiro atoms. The molecular weight excluding hydrogens is 736 g/mol. The lowest BCUT2D eigenvalue weighted by Crippen LogP contribution is -2.68. The lowest BCUT2D eigenvalue weighted by atomic mass is 9.98. The fourth-order valence-corrected chi connectivity index (χ4v) is 8.79. The van der Waals surface area contributed by atoms with Gasteiger partial charge in [-0.2, -0.15) is 10.2 Å². The van der Waals surface area contributed by atoms with Crippen LogP contribution in [0.3, 0.4) is 0 Å². The van der Waals surface area contributed by atoms with Crippen molar-refractivity contribution in [2.45, 2.75) is 65.7 Å². The molecule has 15 heteroatoms. The summed E-state index contributed by atoms with van der Waals surface area (Å²) >= 11 is 6.96. The quantitative estimate of drug-likeness (QED) is 0.215. The minimum Gasteiger partial charge on any atom is -0.367 e. The number of hydrogen-bond acceptors (Lipinski definition) is 12. The Morgan fingerprint density at radius 3 is 1.75 bits per heavy atom. The van der Waals surface area contributed by atoms with Gasteiger partial charge >= 0.3 is 0 Å². The van der Waals surface area contributed by atoms with E-state index in [-0.39, 0.29) is 24.2 Å². The summed E-state index contributed by atoms with van der Waals surface area (Å²) in [6.07, 6.45) is 7.73. The third kappa shape index (κ3) is 6.56. The van der Waals surface area contributed by atoms with E-state index in [1.165, 1.54) is 0 Å². The van der Waals surface area contributed by atoms with Gasteiger partial charge < -0.3 is 20.4 Å². The monoisotopic (exact) mass is 778 g/mol. The minimum atomic E-state index is 0.187. The van der Waals surface area contributed by atoms with Crippen LogP contribution >= 0.6 is 11.6 Å². The zero-order valence-corrected chi connectivity index (χ0v) is 33.5. The average molecular weight is 779 g/mol. The molecule has 8 aromatic rings. The number of fused-ring (bicyclic) bond motifs is 4. The highest BCUT2D eigenvalue weighted by Gasteiger charge is 2.35. The molecule has 2 aliphatic rings. The Morgan fingerprint density at radius 1 is 0.596 bits per heavy atom. The Morgan fingerprint density at radius 2 is 1.14 bits per heavy atom. The lowest BCUT2D eigenvalue weighted by molar-refractivity contribution is 0.272. The highest BCUT2D eigenvalue weighted by atomic mass is 35.5. The Hall–Kier alpha value is -5.83. The molecule has 0 saturated carbocycles. The standard InChI is InChI=1S/C42H43ClN14/c1-22-9-35(52-56-18-26(5)48-41(22)56)33-8-7-28-11-29(14-44-39(28)50-33)54-16-24(3)46-37(20-54)38-21-55(17-25(4)47-38)30-12-31-32(43)13-34(51-40(31)45-15-30)36-10-23(2)42-49-27(6)19-57(42)53-36/h7-15,18-19,24-25,37-38,46-47H,16-17,20-21H2,1-6H3/t24?,25-,37?,38-/m0/s1. The first kappa shape index (κ1) is 35.6. The van der Waals surface area contributed by atoms with E-state index in [9.17, 15) is 0 Å². The lowest BCUT2D eigenvalue weighted by Gasteiger charge is -2.47. The first-order chi connectivity index (χ1) is 27.5. The summed E-state index contributed by atoms with van der Waals surface area (Å²) in [4.78, 5) is 33.5. The number of hydrogen-bond donors (Lipinski definition) is 2. The number of rotatable bonds is 5. The Kier molecular flexibility index (Phi) is 8.54. The van der Waals surface area contributed by atoms with Crippen LogP contribution in [-0.4, -0.2) is 99.5 Å². The number of aromatic nitrogens is 10. The van der Waals surface area contributed by atoms with Crippen molar-refractivity contribution in [2.24, 2.45) is 0 Å². The van der Waals surface area contributed by atoms with Gasteiger partial charge in [-0.1, -0.05) is 11.6 Å². The first-order valence-electron chi connectivity index (χ1n) is 19.4. The maximum Gasteiger partial charge on any atom is 0.161 e. The van der Waals surface area contributed by atoms with Gasteiger partial charge in [0.25, 0.3) is 0 Å². The predicted octanol–water partition coefficient (Wildman–Crippen LogP) is 5.91. The van der Waals surface area contributed by atoms with Crippen molar-refractivity contribution in [1.29, 1.82) is 0 Å². The van der Waals surface area contributed by atoms with Gasteiger partial charge in [0.05, 0.1) is 64.0 Å². The normalized spacial score (nSPS) is 20.4. The third-order valence-electron chi connectivity index (χ3n) is 11.1. The number of anilines is 2. The van der Waals surface area contributed by atoms with Gasteiger partial charge in [-0.15, -0.1) is 0 Å². The maximum atomic E-state index is 6.96. The van der Waals surface area contributed by atoms with Crippen LogP contribution in [-0.2, 0) is 0 Å². The molecule has 0 aromatic carbocycles. The molecule has 8 aromatic heterocycles. The maximum absolute atomic E-state index is 6.96. The molecule has 10 heterocycles. The molecule has 288 valence electrons. The molecule has 2 N–H and O–H groups in total. The van der Waals surface area contributed by atoms with Crippen LogP contribution in [0, 0.1) is 27.7 Å². The fourth-order valence-electron chi connectivity index (χ4n) is 8.55. The number of aryl methyl sites for hydroxylation is 4. The van der Waals surface area contributed by atoms with E-state index in [1.807, 2.05) is 74.3 Å². The van der Waals surface area contributed by atoms with Gasteiger partial charge in [0, 0.05) is 61.1 Å². The predicted molar refractivity (Wildman–Crippen MR) is 224 cm³/mol. The summed E-state index contributed by atoms with van der Waals surface area (Å²) in [5, 5.41) is 19.8. The summed E-state index contributed by atoms with van der Waals surface area (Å²) in [5.74, 6) is 0. The first-order valence-corrected chi connectivity index (χ1v) is 19.8. The Labute approximate surface area is 334 Å². The van der Waals surface area contributed by atoms with Crippen molar-refractivity contribution < 1.29 is 0 Å². The highest BCUT2D eigenvalue weighted by Crippen LogP contribution is 2.32. The molecule has 2 unspecified atom stereocenters. The molecule has 10 rings (SSSR count). The molecule has 2 fully saturated rings. The molecule has 0 radical (unpaired) electrons. The van der Waals surface area contributed by atoms with Crippen molar-refractivity contribution in [3.63, 3.8) is 0 Å². The van der Waals surface area contributed by atoms with Crippen LogP contribution in [0.1, 0.15) is 36.4 Å². The number of halogens is 1. The van der Waals surface area contributed by atoms with Gasteiger partial charge in [0.15, 0.2) is 22.6 Å². The fraction of sp³-hybridized carbons (Fsp3) is 0.333. The molecule has 0 aliphatic carbocycles. The van der Waals surface area contributed by atoms with Crippen LogP contribution < -0.4 is 20.4 Å². The summed E-state index contributed by atoms with van der Waals surface area (Å²) in [6.45, 7) is 15.9. The summed E-state index contributed by atoms with van der Waals surface area (Å²) < 4.78 is 3.63. The van der Waals surface area contributed by atoms with Crippen molar-refractivity contribution in [2.75, 3.05) is 36.0 Å². The van der Waals surface area contributed by atoms with Crippen LogP contribution in [0.5, 0.6) is 0 Å². The minimum absolute atomic E-state index is 0.187. The molecule has 2 saturated heterocycles. The largest absolute Gasteiger partial charge is 0.367 e. The van der Waals surface area contributed by atoms with E-state index in [2.05, 4.69) is 69.4 Å². The van der Waals surface area contributed by atoms with Crippen molar-refractivity contribution in [3.8, 4) is 22.8 Å². The Balaban J connectivity index is 0.875. The second-order valence-corrected chi connectivity index (χ2v) is 16.3. The smallest absolute Gasteiger partial charge is 0.161 e. The average Bonchev–Trinajstić information content (AvgIpc) is 3.78. The van der Waals surface area contributed by atoms with Crippen molar-refractivity contribution in [1.82, 2.24) is 59.8 Å². The highest BCUT2D eigenvalue weighted by molar-refractivity contribution is 6.35. The molecular formula is C42H43ClN14.